The molecule has 152 valence electrons. The van der Waals surface area contributed by atoms with Gasteiger partial charge in [-0.2, -0.15) is 0 Å². The van der Waals surface area contributed by atoms with Gasteiger partial charge in [0.15, 0.2) is 0 Å². The molecule has 6 heteroatoms. The van der Waals surface area contributed by atoms with Gasteiger partial charge in [0.25, 0.3) is 5.56 Å². The number of aromatic nitrogens is 2. The van der Waals surface area contributed by atoms with Crippen LogP contribution in [0.5, 0.6) is 0 Å². The molecule has 1 aliphatic rings. The zero-order valence-electron chi connectivity index (χ0n) is 16.8. The van der Waals surface area contributed by atoms with Crippen molar-refractivity contribution < 1.29 is 4.39 Å². The van der Waals surface area contributed by atoms with Gasteiger partial charge in [-0.25, -0.2) is 9.37 Å². The highest BCUT2D eigenvalue weighted by Gasteiger charge is 2.20. The number of nitrogens with zero attached hydrogens (tertiary/aromatic N) is 3. The Hall–Kier alpha value is -2.57. The Morgan fingerprint density at radius 2 is 1.86 bits per heavy atom. The Bertz CT molecular complexity index is 1060. The molecule has 1 saturated heterocycles. The second-order valence-electron chi connectivity index (χ2n) is 7.82. The standard InChI is InChI=1S/C23H27FN4O/c1-16(25)22-26-21-19(24)12-11-17(8-7-15-27-13-5-6-14-27)20(21)23(29)28(22)18-9-3-2-4-10-18/h2-4,9-12,16H,5-8,13-15,25H2,1H3/t16-/m0/s1. The van der Waals surface area contributed by atoms with E-state index in [2.05, 4.69) is 9.88 Å². The van der Waals surface area contributed by atoms with E-state index in [-0.39, 0.29) is 11.1 Å². The lowest BCUT2D eigenvalue weighted by atomic mass is 10.0. The Morgan fingerprint density at radius 3 is 2.55 bits per heavy atom. The number of hydrogen-bond donors (Lipinski definition) is 1. The number of halogens is 1. The van der Waals surface area contributed by atoms with Crippen LogP contribution in [0.1, 0.15) is 43.6 Å². The fourth-order valence-corrected chi connectivity index (χ4v) is 4.18. The number of fused-ring (bicyclic) bond motifs is 1. The fourth-order valence-electron chi connectivity index (χ4n) is 4.18. The molecule has 2 aromatic carbocycles. The number of aryl methyl sites for hydroxylation is 1. The molecule has 0 radical (unpaired) electrons. The second kappa shape index (κ2) is 8.43. The van der Waals surface area contributed by atoms with Crippen LogP contribution in [0.2, 0.25) is 0 Å². The largest absolute Gasteiger partial charge is 0.322 e. The van der Waals surface area contributed by atoms with Crippen molar-refractivity contribution >= 4 is 10.9 Å². The smallest absolute Gasteiger partial charge is 0.266 e. The highest BCUT2D eigenvalue weighted by molar-refractivity contribution is 5.82. The van der Waals surface area contributed by atoms with Gasteiger partial charge in [-0.1, -0.05) is 24.3 Å². The van der Waals surface area contributed by atoms with E-state index in [9.17, 15) is 9.18 Å². The predicted molar refractivity (Wildman–Crippen MR) is 114 cm³/mol. The van der Waals surface area contributed by atoms with Gasteiger partial charge in [0, 0.05) is 0 Å². The molecule has 1 aliphatic heterocycles. The molecule has 0 bridgehead atoms. The van der Waals surface area contributed by atoms with E-state index < -0.39 is 11.9 Å². The molecule has 0 saturated carbocycles. The summed E-state index contributed by atoms with van der Waals surface area (Å²) in [5.74, 6) is -0.121. The van der Waals surface area contributed by atoms with Gasteiger partial charge < -0.3 is 10.6 Å². The van der Waals surface area contributed by atoms with Crippen molar-refractivity contribution in [2.75, 3.05) is 19.6 Å². The SMILES string of the molecule is C[C@H](N)c1nc2c(F)ccc(CCCN3CCCC3)c2c(=O)n1-c1ccccc1. The number of benzene rings is 2. The van der Waals surface area contributed by atoms with E-state index in [1.165, 1.54) is 23.5 Å². The van der Waals surface area contributed by atoms with Crippen LogP contribution in [0.15, 0.2) is 47.3 Å². The minimum atomic E-state index is -0.509. The number of rotatable bonds is 6. The summed E-state index contributed by atoms with van der Waals surface area (Å²) in [5, 5.41) is 0.361. The maximum Gasteiger partial charge on any atom is 0.266 e. The van der Waals surface area contributed by atoms with Crippen molar-refractivity contribution in [3.05, 3.63) is 70.0 Å². The van der Waals surface area contributed by atoms with E-state index >= 15 is 0 Å². The van der Waals surface area contributed by atoms with Gasteiger partial charge in [0.1, 0.15) is 17.2 Å². The molecule has 3 aromatic rings. The van der Waals surface area contributed by atoms with Crippen molar-refractivity contribution in [3.63, 3.8) is 0 Å². The van der Waals surface area contributed by atoms with Gasteiger partial charge >= 0.3 is 0 Å². The van der Waals surface area contributed by atoms with Crippen molar-refractivity contribution in [1.29, 1.82) is 0 Å². The Labute approximate surface area is 170 Å². The summed E-state index contributed by atoms with van der Waals surface area (Å²) in [4.78, 5) is 20.5. The maximum atomic E-state index is 14.6. The molecule has 0 unspecified atom stereocenters. The first kappa shape index (κ1) is 19.7. The number of para-hydroxylation sites is 1. The van der Waals surface area contributed by atoms with Crippen LogP contribution in [0.25, 0.3) is 16.6 Å². The van der Waals surface area contributed by atoms with Crippen LogP contribution in [0.4, 0.5) is 4.39 Å². The molecular formula is C23H27FN4O. The lowest BCUT2D eigenvalue weighted by molar-refractivity contribution is 0.334. The third kappa shape index (κ3) is 3.95. The topological polar surface area (TPSA) is 64.2 Å². The molecule has 2 heterocycles. The van der Waals surface area contributed by atoms with Crippen LogP contribution in [-0.4, -0.2) is 34.1 Å². The van der Waals surface area contributed by atoms with Crippen LogP contribution in [0.3, 0.4) is 0 Å². The summed E-state index contributed by atoms with van der Waals surface area (Å²) in [7, 11) is 0. The van der Waals surface area contributed by atoms with E-state index in [1.54, 1.807) is 13.0 Å². The lowest BCUT2D eigenvalue weighted by Crippen LogP contribution is -2.28. The average molecular weight is 394 g/mol. The molecule has 2 N–H and O–H groups in total. The van der Waals surface area contributed by atoms with Gasteiger partial charge in [-0.15, -0.1) is 0 Å². The Balaban J connectivity index is 1.81. The van der Waals surface area contributed by atoms with E-state index in [1.807, 2.05) is 30.3 Å². The maximum absolute atomic E-state index is 14.6. The van der Waals surface area contributed by atoms with Gasteiger partial charge in [-0.05, 0) is 76.0 Å². The first-order valence-corrected chi connectivity index (χ1v) is 10.3. The van der Waals surface area contributed by atoms with Crippen LogP contribution >= 0.6 is 0 Å². The molecule has 29 heavy (non-hydrogen) atoms. The molecule has 0 spiro atoms. The fraction of sp³-hybridized carbons (Fsp3) is 0.391. The van der Waals surface area contributed by atoms with E-state index in [0.29, 0.717) is 16.9 Å². The molecule has 1 aromatic heterocycles. The second-order valence-corrected chi connectivity index (χ2v) is 7.82. The molecule has 1 atom stereocenters. The lowest BCUT2D eigenvalue weighted by Gasteiger charge is -2.18. The van der Waals surface area contributed by atoms with Crippen molar-refractivity contribution in [2.45, 2.75) is 38.6 Å². The highest BCUT2D eigenvalue weighted by Crippen LogP contribution is 2.23. The van der Waals surface area contributed by atoms with E-state index in [0.717, 1.165) is 38.0 Å². The molecule has 1 fully saturated rings. The summed E-state index contributed by atoms with van der Waals surface area (Å²) >= 11 is 0. The van der Waals surface area contributed by atoms with Crippen molar-refractivity contribution in [3.8, 4) is 5.69 Å². The normalized spacial score (nSPS) is 15.8. The monoisotopic (exact) mass is 394 g/mol. The summed E-state index contributed by atoms with van der Waals surface area (Å²) in [6.45, 7) is 5.04. The summed E-state index contributed by atoms with van der Waals surface area (Å²) < 4.78 is 16.2. The Morgan fingerprint density at radius 1 is 1.14 bits per heavy atom. The van der Waals surface area contributed by atoms with Crippen molar-refractivity contribution in [2.24, 2.45) is 5.73 Å². The minimum Gasteiger partial charge on any atom is -0.322 e. The summed E-state index contributed by atoms with van der Waals surface area (Å²) in [6, 6.07) is 11.9. The first-order valence-electron chi connectivity index (χ1n) is 10.3. The zero-order chi connectivity index (χ0) is 20.4. The molecule has 0 amide bonds. The third-order valence-corrected chi connectivity index (χ3v) is 5.63. The van der Waals surface area contributed by atoms with Crippen LogP contribution < -0.4 is 11.3 Å². The molecule has 0 aliphatic carbocycles. The predicted octanol–water partition coefficient (Wildman–Crippen LogP) is 3.57. The minimum absolute atomic E-state index is 0.119. The molecular weight excluding hydrogens is 367 g/mol. The quantitative estimate of drug-likeness (QED) is 0.694. The Kier molecular flexibility index (Phi) is 5.74. The number of nitrogens with two attached hydrogens (primary N) is 1. The third-order valence-electron chi connectivity index (χ3n) is 5.63. The molecule has 4 rings (SSSR count). The van der Waals surface area contributed by atoms with Gasteiger partial charge in [-0.3, -0.25) is 9.36 Å². The number of hydrogen-bond acceptors (Lipinski definition) is 4. The summed E-state index contributed by atoms with van der Waals surface area (Å²) in [6.07, 6.45) is 4.16. The average Bonchev–Trinajstić information content (AvgIpc) is 3.23. The van der Waals surface area contributed by atoms with Crippen molar-refractivity contribution in [1.82, 2.24) is 14.5 Å². The van der Waals surface area contributed by atoms with Gasteiger partial charge in [0.05, 0.1) is 17.1 Å². The van der Waals surface area contributed by atoms with Gasteiger partial charge in [0.2, 0.25) is 0 Å². The summed E-state index contributed by atoms with van der Waals surface area (Å²) in [5.41, 5.74) is 7.49. The first-order chi connectivity index (χ1) is 14.1. The van der Waals surface area contributed by atoms with E-state index in [4.69, 9.17) is 5.73 Å². The van der Waals surface area contributed by atoms with Crippen LogP contribution in [0, 0.1) is 5.82 Å². The zero-order valence-corrected chi connectivity index (χ0v) is 16.8. The number of likely N-dealkylation sites (tertiary alicyclic amines) is 1. The highest BCUT2D eigenvalue weighted by atomic mass is 19.1. The molecule has 5 nitrogen and oxygen atoms in total. The van der Waals surface area contributed by atoms with Crippen LogP contribution in [-0.2, 0) is 6.42 Å².